The first-order valence-corrected chi connectivity index (χ1v) is 10.5. The summed E-state index contributed by atoms with van der Waals surface area (Å²) in [4.78, 5) is 5.00. The molecule has 0 amide bonds. The van der Waals surface area contributed by atoms with Gasteiger partial charge >= 0.3 is 0 Å². The molecule has 4 rings (SSSR count). The summed E-state index contributed by atoms with van der Waals surface area (Å²) in [6.07, 6.45) is 1.19. The van der Waals surface area contributed by atoms with Crippen LogP contribution in [0.4, 0.5) is 4.39 Å². The Morgan fingerprint density at radius 1 is 0.833 bits per heavy atom. The number of methoxy groups -OCH3 is 1. The molecular formula is C26H29FN2O. The quantitative estimate of drug-likeness (QED) is 0.536. The lowest BCUT2D eigenvalue weighted by Crippen LogP contribution is -2.47. The van der Waals surface area contributed by atoms with Crippen molar-refractivity contribution < 1.29 is 9.13 Å². The average molecular weight is 405 g/mol. The first-order chi connectivity index (χ1) is 14.6. The summed E-state index contributed by atoms with van der Waals surface area (Å²) in [6.45, 7) is 5.78. The number of para-hydroxylation sites is 1. The van der Waals surface area contributed by atoms with Gasteiger partial charge in [0, 0.05) is 31.7 Å². The molecule has 1 aliphatic heterocycles. The molecule has 0 bridgehead atoms. The number of halogens is 1. The molecule has 1 fully saturated rings. The average Bonchev–Trinajstić information content (AvgIpc) is 2.77. The zero-order valence-corrected chi connectivity index (χ0v) is 17.7. The second-order valence-corrected chi connectivity index (χ2v) is 8.02. The third kappa shape index (κ3) is 4.72. The summed E-state index contributed by atoms with van der Waals surface area (Å²) in [5.41, 5.74) is 4.88. The number of hydrogen-bond acceptors (Lipinski definition) is 3. The number of ether oxygens (including phenoxy) is 1. The Balaban J connectivity index is 1.67. The predicted octanol–water partition coefficient (Wildman–Crippen LogP) is 5.55. The van der Waals surface area contributed by atoms with E-state index in [9.17, 15) is 4.39 Å². The highest BCUT2D eigenvalue weighted by Crippen LogP contribution is 2.36. The van der Waals surface area contributed by atoms with Gasteiger partial charge in [0.2, 0.25) is 0 Å². The molecule has 156 valence electrons. The zero-order valence-electron chi connectivity index (χ0n) is 17.7. The number of hydrogen-bond donors (Lipinski definition) is 0. The van der Waals surface area contributed by atoms with Gasteiger partial charge in [0.25, 0.3) is 0 Å². The summed E-state index contributed by atoms with van der Waals surface area (Å²) in [7, 11) is 1.73. The third-order valence-corrected chi connectivity index (χ3v) is 5.80. The first-order valence-electron chi connectivity index (χ1n) is 10.5. The largest absolute Gasteiger partial charge is 0.496 e. The fourth-order valence-electron chi connectivity index (χ4n) is 4.31. The van der Waals surface area contributed by atoms with E-state index >= 15 is 0 Å². The smallest absolute Gasteiger partial charge is 0.124 e. The van der Waals surface area contributed by atoms with Crippen LogP contribution in [0.25, 0.3) is 0 Å². The van der Waals surface area contributed by atoms with Gasteiger partial charge in [-0.1, -0.05) is 60.2 Å². The van der Waals surface area contributed by atoms with E-state index in [0.717, 1.165) is 43.9 Å². The summed E-state index contributed by atoms with van der Waals surface area (Å²) < 4.78 is 19.1. The minimum Gasteiger partial charge on any atom is -0.496 e. The van der Waals surface area contributed by atoms with Crippen LogP contribution in [0.15, 0.2) is 72.8 Å². The molecule has 0 spiro atoms. The molecule has 3 aromatic rings. The molecule has 3 aromatic carbocycles. The summed E-state index contributed by atoms with van der Waals surface area (Å²) >= 11 is 0. The molecular weight excluding hydrogens is 375 g/mol. The van der Waals surface area contributed by atoms with Crippen molar-refractivity contribution in [2.45, 2.75) is 32.6 Å². The normalized spacial score (nSPS) is 17.8. The summed E-state index contributed by atoms with van der Waals surface area (Å²) in [6, 6.07) is 23.9. The Morgan fingerprint density at radius 3 is 2.00 bits per heavy atom. The fourth-order valence-corrected chi connectivity index (χ4v) is 4.31. The van der Waals surface area contributed by atoms with Gasteiger partial charge in [0.1, 0.15) is 11.6 Å². The fraction of sp³-hybridized carbons (Fsp3) is 0.308. The van der Waals surface area contributed by atoms with Gasteiger partial charge in [0.05, 0.1) is 13.3 Å². The molecule has 30 heavy (non-hydrogen) atoms. The van der Waals surface area contributed by atoms with Crippen molar-refractivity contribution >= 4 is 0 Å². The number of benzene rings is 3. The lowest BCUT2D eigenvalue weighted by Gasteiger charge is -2.44. The molecule has 1 heterocycles. The molecule has 0 radical (unpaired) electrons. The van der Waals surface area contributed by atoms with Crippen LogP contribution in [-0.4, -0.2) is 30.0 Å². The van der Waals surface area contributed by atoms with Crippen molar-refractivity contribution in [3.8, 4) is 5.75 Å². The molecule has 1 atom stereocenters. The standard InChI is InChI=1S/C26H29FN2O/c1-20-8-10-21(11-9-20)18-28-16-5-17-29(19-22-12-14-23(27)15-13-22)26(28)24-6-3-4-7-25(24)30-2/h3-4,6-15,26H,5,16-19H2,1-2H3/t26-/m1/s1. The van der Waals surface area contributed by atoms with E-state index in [1.54, 1.807) is 19.2 Å². The monoisotopic (exact) mass is 404 g/mol. The topological polar surface area (TPSA) is 15.7 Å². The maximum absolute atomic E-state index is 13.4. The SMILES string of the molecule is COc1ccccc1[C@@H]1N(Cc2ccc(C)cc2)CCCN1Cc1ccc(F)cc1. The molecule has 0 aliphatic carbocycles. The number of nitrogens with zero attached hydrogens (tertiary/aromatic N) is 2. The molecule has 0 saturated carbocycles. The van der Waals surface area contributed by atoms with Crippen molar-refractivity contribution in [3.63, 3.8) is 0 Å². The van der Waals surface area contributed by atoms with Crippen LogP contribution in [0, 0.1) is 12.7 Å². The van der Waals surface area contributed by atoms with E-state index < -0.39 is 0 Å². The lowest BCUT2D eigenvalue weighted by molar-refractivity contribution is -0.0103. The van der Waals surface area contributed by atoms with Crippen molar-refractivity contribution in [2.24, 2.45) is 0 Å². The lowest BCUT2D eigenvalue weighted by atomic mass is 10.0. The minimum absolute atomic E-state index is 0.0984. The van der Waals surface area contributed by atoms with Crippen LogP contribution in [0.5, 0.6) is 5.75 Å². The van der Waals surface area contributed by atoms with Gasteiger partial charge in [-0.2, -0.15) is 0 Å². The molecule has 1 aliphatic rings. The zero-order chi connectivity index (χ0) is 20.9. The van der Waals surface area contributed by atoms with Crippen molar-refractivity contribution in [2.75, 3.05) is 20.2 Å². The van der Waals surface area contributed by atoms with Crippen LogP contribution in [0.2, 0.25) is 0 Å². The Kier molecular flexibility index (Phi) is 6.46. The van der Waals surface area contributed by atoms with Gasteiger partial charge < -0.3 is 4.74 Å². The highest BCUT2D eigenvalue weighted by molar-refractivity contribution is 5.36. The van der Waals surface area contributed by atoms with E-state index in [1.807, 2.05) is 24.3 Å². The Hall–Kier alpha value is -2.69. The first kappa shape index (κ1) is 20.6. The molecule has 3 nitrogen and oxygen atoms in total. The Labute approximate surface area is 178 Å². The van der Waals surface area contributed by atoms with E-state index in [-0.39, 0.29) is 12.0 Å². The van der Waals surface area contributed by atoms with Crippen LogP contribution in [0.3, 0.4) is 0 Å². The Morgan fingerprint density at radius 2 is 1.40 bits per heavy atom. The molecule has 1 saturated heterocycles. The number of rotatable bonds is 6. The minimum atomic E-state index is -0.195. The second kappa shape index (κ2) is 9.41. The predicted molar refractivity (Wildman–Crippen MR) is 119 cm³/mol. The maximum atomic E-state index is 13.4. The van der Waals surface area contributed by atoms with E-state index in [4.69, 9.17) is 4.74 Å². The van der Waals surface area contributed by atoms with Gasteiger partial charge in [-0.15, -0.1) is 0 Å². The van der Waals surface area contributed by atoms with E-state index in [1.165, 1.54) is 16.7 Å². The van der Waals surface area contributed by atoms with Crippen LogP contribution in [-0.2, 0) is 13.1 Å². The van der Waals surface area contributed by atoms with Gasteiger partial charge in [-0.3, -0.25) is 9.80 Å². The second-order valence-electron chi connectivity index (χ2n) is 8.02. The molecule has 4 heteroatoms. The third-order valence-electron chi connectivity index (χ3n) is 5.80. The molecule has 0 aromatic heterocycles. The highest BCUT2D eigenvalue weighted by atomic mass is 19.1. The summed E-state index contributed by atoms with van der Waals surface area (Å²) in [5.74, 6) is 0.710. The van der Waals surface area contributed by atoms with Crippen molar-refractivity contribution in [1.29, 1.82) is 0 Å². The van der Waals surface area contributed by atoms with E-state index in [2.05, 4.69) is 53.1 Å². The Bertz CT molecular complexity index is 900. The van der Waals surface area contributed by atoms with Gasteiger partial charge in [-0.25, -0.2) is 4.39 Å². The van der Waals surface area contributed by atoms with Crippen molar-refractivity contribution in [1.82, 2.24) is 9.80 Å². The highest BCUT2D eigenvalue weighted by Gasteiger charge is 2.32. The van der Waals surface area contributed by atoms with Gasteiger partial charge in [-0.05, 0) is 42.7 Å². The van der Waals surface area contributed by atoms with Gasteiger partial charge in [0.15, 0.2) is 0 Å². The van der Waals surface area contributed by atoms with Crippen LogP contribution < -0.4 is 4.74 Å². The van der Waals surface area contributed by atoms with E-state index in [0.29, 0.717) is 0 Å². The van der Waals surface area contributed by atoms with Crippen LogP contribution in [0.1, 0.15) is 34.8 Å². The van der Waals surface area contributed by atoms with Crippen molar-refractivity contribution in [3.05, 3.63) is 101 Å². The molecule has 0 N–H and O–H groups in total. The number of aryl methyl sites for hydroxylation is 1. The maximum Gasteiger partial charge on any atom is 0.124 e. The molecule has 0 unspecified atom stereocenters. The van der Waals surface area contributed by atoms with Crippen LogP contribution >= 0.6 is 0 Å². The summed E-state index contributed by atoms with van der Waals surface area (Å²) in [5, 5.41) is 0.